The number of carbonyl (C=O) groups is 1. The van der Waals surface area contributed by atoms with Crippen molar-refractivity contribution in [1.82, 2.24) is 0 Å². The number of aliphatic hydroxyl groups excluding tert-OH is 1. The number of ether oxygens (including phenoxy) is 1. The Hall–Kier alpha value is -4.44. The summed E-state index contributed by atoms with van der Waals surface area (Å²) in [6, 6.07) is 19.9. The molecule has 0 saturated heterocycles. The molecule has 2 heterocycles. The van der Waals surface area contributed by atoms with Crippen molar-refractivity contribution >= 4 is 11.9 Å². The predicted octanol–water partition coefficient (Wildman–Crippen LogP) is 10.1. The Balaban J connectivity index is 1.59. The molecular formula is C38H39O4+. The molecule has 0 radical (unpaired) electrons. The third-order valence-electron chi connectivity index (χ3n) is 7.55. The number of allylic oxidation sites excluding steroid dienone is 8. The summed E-state index contributed by atoms with van der Waals surface area (Å²) in [5.41, 5.74) is 5.87. The summed E-state index contributed by atoms with van der Waals surface area (Å²) < 4.78 is 12.7. The van der Waals surface area contributed by atoms with Crippen molar-refractivity contribution in [3.8, 4) is 22.6 Å². The molecule has 0 fully saturated rings. The van der Waals surface area contributed by atoms with Crippen molar-refractivity contribution in [2.24, 2.45) is 10.8 Å². The number of rotatable bonds is 4. The van der Waals surface area contributed by atoms with Gasteiger partial charge in [0.1, 0.15) is 17.3 Å². The Bertz CT molecular complexity index is 1650. The maximum Gasteiger partial charge on any atom is 0.361 e. The summed E-state index contributed by atoms with van der Waals surface area (Å²) in [6.45, 7) is 16.7. The van der Waals surface area contributed by atoms with Gasteiger partial charge in [-0.05, 0) is 72.5 Å². The van der Waals surface area contributed by atoms with Crippen LogP contribution in [0.5, 0.6) is 0 Å². The van der Waals surface area contributed by atoms with E-state index in [2.05, 4.69) is 41.5 Å². The zero-order chi connectivity index (χ0) is 30.4. The van der Waals surface area contributed by atoms with E-state index in [9.17, 15) is 9.90 Å². The van der Waals surface area contributed by atoms with Crippen molar-refractivity contribution < 1.29 is 19.1 Å². The minimum atomic E-state index is -0.211. The fraction of sp³-hybridized carbons (Fsp3) is 0.263. The van der Waals surface area contributed by atoms with Gasteiger partial charge in [0.05, 0.1) is 34.4 Å². The van der Waals surface area contributed by atoms with Crippen LogP contribution in [-0.2, 0) is 9.53 Å². The van der Waals surface area contributed by atoms with E-state index in [1.165, 1.54) is 0 Å². The molecule has 1 aliphatic heterocycles. The van der Waals surface area contributed by atoms with E-state index in [0.29, 0.717) is 17.1 Å². The van der Waals surface area contributed by atoms with E-state index in [1.54, 1.807) is 12.2 Å². The van der Waals surface area contributed by atoms with E-state index >= 15 is 0 Å². The molecule has 0 amide bonds. The van der Waals surface area contributed by atoms with Crippen LogP contribution in [0.15, 0.2) is 117 Å². The first-order valence-electron chi connectivity index (χ1n) is 14.4. The number of ketones is 1. The largest absolute Gasteiger partial charge is 0.506 e. The van der Waals surface area contributed by atoms with Crippen LogP contribution >= 0.6 is 0 Å². The van der Waals surface area contributed by atoms with Crippen LogP contribution in [0.4, 0.5) is 0 Å². The van der Waals surface area contributed by atoms with Gasteiger partial charge in [0, 0.05) is 10.8 Å². The lowest BCUT2D eigenvalue weighted by Gasteiger charge is -2.33. The Morgan fingerprint density at radius 1 is 0.738 bits per heavy atom. The number of aryl methyl sites for hydroxylation is 2. The molecule has 1 aromatic heterocycles. The quantitative estimate of drug-likeness (QED) is 0.255. The Morgan fingerprint density at radius 3 is 1.64 bits per heavy atom. The van der Waals surface area contributed by atoms with Crippen LogP contribution in [0.25, 0.3) is 28.7 Å². The Kier molecular flexibility index (Phi) is 7.44. The number of hydrogen-bond acceptors (Lipinski definition) is 3. The predicted molar refractivity (Wildman–Crippen MR) is 170 cm³/mol. The standard InChI is InChI=1S/C38H38O4/c1-23-13-9-11-15-27(23)31-19-25(20-32(41-31)28-16-12-10-14-24(28)2)17-29-35(39)30(36(29)40)18-26-21-33(37(3,4)5)42-34(22-26)38(6,7)8/h9-22H,1-8H3/p+1. The summed E-state index contributed by atoms with van der Waals surface area (Å²) in [6.07, 6.45) is 7.40. The highest BCUT2D eigenvalue weighted by Crippen LogP contribution is 2.41. The molecule has 5 rings (SSSR count). The summed E-state index contributed by atoms with van der Waals surface area (Å²) in [4.78, 5) is 13.4. The fourth-order valence-electron chi connectivity index (χ4n) is 4.96. The van der Waals surface area contributed by atoms with Crippen LogP contribution < -0.4 is 0 Å². The molecule has 42 heavy (non-hydrogen) atoms. The maximum atomic E-state index is 13.4. The van der Waals surface area contributed by atoms with E-state index < -0.39 is 0 Å². The van der Waals surface area contributed by atoms with E-state index in [0.717, 1.165) is 44.9 Å². The van der Waals surface area contributed by atoms with Gasteiger partial charge in [-0.15, -0.1) is 0 Å². The minimum absolute atomic E-state index is 0.00826. The molecule has 3 aromatic rings. The van der Waals surface area contributed by atoms with Gasteiger partial charge in [-0.25, -0.2) is 4.42 Å². The zero-order valence-electron chi connectivity index (χ0n) is 25.8. The van der Waals surface area contributed by atoms with Gasteiger partial charge in [-0.2, -0.15) is 0 Å². The number of Topliss-reactive ketones (excluding diaryl/α,β-unsaturated/α-hetero) is 1. The van der Waals surface area contributed by atoms with Crippen molar-refractivity contribution in [2.75, 3.05) is 0 Å². The van der Waals surface area contributed by atoms with Gasteiger partial charge >= 0.3 is 11.5 Å². The normalized spacial score (nSPS) is 16.6. The SMILES string of the molecule is Cc1ccccc1-c1cc(C=C2C(=O)C(C=C3C=C(C(C)(C)C)OC(C(C)(C)C)=C3)=C2O)cc(-c2ccccc2C)[o+]1. The molecule has 2 aromatic carbocycles. The summed E-state index contributed by atoms with van der Waals surface area (Å²) in [7, 11) is 0. The Morgan fingerprint density at radius 2 is 1.21 bits per heavy atom. The van der Waals surface area contributed by atoms with Crippen molar-refractivity contribution in [3.63, 3.8) is 0 Å². The second-order valence-electron chi connectivity index (χ2n) is 13.2. The number of aliphatic hydroxyl groups is 1. The second-order valence-corrected chi connectivity index (χ2v) is 13.2. The van der Waals surface area contributed by atoms with E-state index in [-0.39, 0.29) is 27.9 Å². The smallest absolute Gasteiger partial charge is 0.361 e. The van der Waals surface area contributed by atoms with Gasteiger partial charge in [0.2, 0.25) is 5.78 Å². The lowest BCUT2D eigenvalue weighted by Crippen LogP contribution is -2.23. The molecule has 214 valence electrons. The number of carbonyl (C=O) groups excluding carboxylic acids is 1. The highest BCUT2D eigenvalue weighted by molar-refractivity contribution is 6.23. The minimum Gasteiger partial charge on any atom is -0.506 e. The zero-order valence-corrected chi connectivity index (χ0v) is 25.8. The highest BCUT2D eigenvalue weighted by atomic mass is 16.5. The summed E-state index contributed by atoms with van der Waals surface area (Å²) in [5, 5.41) is 11.1. The van der Waals surface area contributed by atoms with E-state index in [4.69, 9.17) is 9.15 Å². The fourth-order valence-corrected chi connectivity index (χ4v) is 4.96. The summed E-state index contributed by atoms with van der Waals surface area (Å²) in [5.74, 6) is 2.83. The number of benzene rings is 2. The maximum absolute atomic E-state index is 13.4. The molecule has 0 bridgehead atoms. The molecule has 1 aliphatic carbocycles. The lowest BCUT2D eigenvalue weighted by atomic mass is 9.83. The van der Waals surface area contributed by atoms with Crippen molar-refractivity contribution in [1.29, 1.82) is 0 Å². The van der Waals surface area contributed by atoms with Crippen LogP contribution in [0, 0.1) is 24.7 Å². The van der Waals surface area contributed by atoms with Gasteiger partial charge in [-0.3, -0.25) is 4.79 Å². The van der Waals surface area contributed by atoms with Crippen molar-refractivity contribution in [3.05, 3.63) is 130 Å². The first-order chi connectivity index (χ1) is 19.7. The first kappa shape index (κ1) is 29.1. The molecule has 0 saturated carbocycles. The number of hydrogen-bond donors (Lipinski definition) is 1. The van der Waals surface area contributed by atoms with Crippen LogP contribution in [-0.4, -0.2) is 10.9 Å². The average molecular weight is 560 g/mol. The molecule has 1 N–H and O–H groups in total. The third-order valence-corrected chi connectivity index (χ3v) is 7.55. The van der Waals surface area contributed by atoms with Crippen LogP contribution in [0.1, 0.15) is 58.2 Å². The van der Waals surface area contributed by atoms with Gasteiger partial charge in [0.15, 0.2) is 0 Å². The third kappa shape index (κ3) is 5.80. The topological polar surface area (TPSA) is 57.8 Å². The van der Waals surface area contributed by atoms with Gasteiger partial charge < -0.3 is 9.84 Å². The molecule has 2 aliphatic rings. The van der Waals surface area contributed by atoms with Gasteiger partial charge in [0.25, 0.3) is 0 Å². The molecule has 4 nitrogen and oxygen atoms in total. The van der Waals surface area contributed by atoms with Crippen LogP contribution in [0.2, 0.25) is 0 Å². The lowest BCUT2D eigenvalue weighted by molar-refractivity contribution is -0.113. The molecule has 0 atom stereocenters. The molecule has 0 spiro atoms. The average Bonchev–Trinajstić information content (AvgIpc) is 2.93. The summed E-state index contributed by atoms with van der Waals surface area (Å²) >= 11 is 0. The van der Waals surface area contributed by atoms with E-state index in [1.807, 2.05) is 86.7 Å². The van der Waals surface area contributed by atoms with Crippen LogP contribution in [0.3, 0.4) is 0 Å². The Labute approximate surface area is 249 Å². The van der Waals surface area contributed by atoms with Crippen molar-refractivity contribution in [2.45, 2.75) is 55.4 Å². The first-order valence-corrected chi connectivity index (χ1v) is 14.4. The molecular weight excluding hydrogens is 520 g/mol. The molecule has 4 heteroatoms. The monoisotopic (exact) mass is 559 g/mol. The second kappa shape index (κ2) is 10.8. The van der Waals surface area contributed by atoms with Gasteiger partial charge in [-0.1, -0.05) is 77.9 Å². The highest BCUT2D eigenvalue weighted by Gasteiger charge is 2.34. The molecule has 0 unspecified atom stereocenters.